The summed E-state index contributed by atoms with van der Waals surface area (Å²) >= 11 is 0. The van der Waals surface area contributed by atoms with Gasteiger partial charge in [-0.15, -0.1) is 0 Å². The van der Waals surface area contributed by atoms with E-state index in [4.69, 9.17) is 10.8 Å². The van der Waals surface area contributed by atoms with Crippen molar-refractivity contribution in [1.82, 2.24) is 4.90 Å². The van der Waals surface area contributed by atoms with Crippen LogP contribution in [0.5, 0.6) is 0 Å². The van der Waals surface area contributed by atoms with E-state index in [2.05, 4.69) is 5.32 Å². The van der Waals surface area contributed by atoms with Gasteiger partial charge in [0.2, 0.25) is 5.91 Å². The number of rotatable bonds is 5. The van der Waals surface area contributed by atoms with Crippen LogP contribution in [0.15, 0.2) is 24.3 Å². The molecule has 9 nitrogen and oxygen atoms in total. The van der Waals surface area contributed by atoms with Crippen molar-refractivity contribution < 1.29 is 27.9 Å². The molecule has 24 heavy (non-hydrogen) atoms. The molecular formula is C14H17N3O6S. The standard InChI is InChI=1S/C14H17N3O6S/c15-13(19)9-3-1-2-4-10(9)16-7-12(18)17-5-6-24(22,23)11(8-17)14(20)21/h1-4,11,16H,5-8H2,(H2,15,19)(H,20,21). The molecule has 0 saturated carbocycles. The van der Waals surface area contributed by atoms with Crippen molar-refractivity contribution in [3.05, 3.63) is 29.8 Å². The van der Waals surface area contributed by atoms with E-state index in [1.54, 1.807) is 18.2 Å². The van der Waals surface area contributed by atoms with Crippen molar-refractivity contribution in [1.29, 1.82) is 0 Å². The van der Waals surface area contributed by atoms with E-state index >= 15 is 0 Å². The van der Waals surface area contributed by atoms with Gasteiger partial charge >= 0.3 is 5.97 Å². The third kappa shape index (κ3) is 3.82. The minimum Gasteiger partial charge on any atom is -0.480 e. The highest BCUT2D eigenvalue weighted by molar-refractivity contribution is 7.92. The fraction of sp³-hybridized carbons (Fsp3) is 0.357. The average Bonchev–Trinajstić information content (AvgIpc) is 2.52. The molecule has 1 atom stereocenters. The largest absolute Gasteiger partial charge is 0.480 e. The number of nitrogens with zero attached hydrogens (tertiary/aromatic N) is 1. The van der Waals surface area contributed by atoms with Crippen LogP contribution in [0.2, 0.25) is 0 Å². The van der Waals surface area contributed by atoms with Crippen LogP contribution in [-0.2, 0) is 19.4 Å². The summed E-state index contributed by atoms with van der Waals surface area (Å²) in [5, 5.41) is 10.1. The van der Waals surface area contributed by atoms with E-state index in [-0.39, 0.29) is 18.7 Å². The lowest BCUT2D eigenvalue weighted by Crippen LogP contribution is -2.53. The predicted molar refractivity (Wildman–Crippen MR) is 85.2 cm³/mol. The molecule has 0 spiro atoms. The number of hydrogen-bond donors (Lipinski definition) is 3. The number of carbonyl (C=O) groups is 3. The molecule has 0 aromatic heterocycles. The Balaban J connectivity index is 2.04. The summed E-state index contributed by atoms with van der Waals surface area (Å²) in [6.07, 6.45) is 0. The predicted octanol–water partition coefficient (Wildman–Crippen LogP) is -1.09. The molecule has 1 aliphatic rings. The lowest BCUT2D eigenvalue weighted by molar-refractivity contribution is -0.138. The van der Waals surface area contributed by atoms with E-state index in [0.717, 1.165) is 0 Å². The first-order chi connectivity index (χ1) is 11.2. The van der Waals surface area contributed by atoms with Crippen LogP contribution >= 0.6 is 0 Å². The molecule has 10 heteroatoms. The maximum Gasteiger partial charge on any atom is 0.323 e. The molecule has 4 N–H and O–H groups in total. The van der Waals surface area contributed by atoms with Crippen LogP contribution in [0.3, 0.4) is 0 Å². The maximum atomic E-state index is 12.2. The van der Waals surface area contributed by atoms with E-state index in [1.165, 1.54) is 11.0 Å². The zero-order chi connectivity index (χ0) is 17.9. The van der Waals surface area contributed by atoms with Crippen molar-refractivity contribution >= 4 is 33.3 Å². The molecular weight excluding hydrogens is 338 g/mol. The van der Waals surface area contributed by atoms with E-state index < -0.39 is 45.2 Å². The highest BCUT2D eigenvalue weighted by Crippen LogP contribution is 2.16. The smallest absolute Gasteiger partial charge is 0.323 e. The number of para-hydroxylation sites is 1. The van der Waals surface area contributed by atoms with Crippen molar-refractivity contribution in [3.63, 3.8) is 0 Å². The van der Waals surface area contributed by atoms with Gasteiger partial charge in [-0.3, -0.25) is 14.4 Å². The molecule has 1 saturated heterocycles. The highest BCUT2D eigenvalue weighted by Gasteiger charge is 2.39. The first kappa shape index (κ1) is 17.7. The monoisotopic (exact) mass is 355 g/mol. The van der Waals surface area contributed by atoms with Crippen molar-refractivity contribution in [2.75, 3.05) is 30.7 Å². The fourth-order valence-corrected chi connectivity index (χ4v) is 3.85. The molecule has 1 fully saturated rings. The second-order valence-electron chi connectivity index (χ2n) is 5.30. The molecule has 0 aliphatic carbocycles. The Hall–Kier alpha value is -2.62. The molecule has 0 radical (unpaired) electrons. The number of carboxylic acids is 1. The number of primary amides is 1. The van der Waals surface area contributed by atoms with Gasteiger partial charge in [0.05, 0.1) is 17.9 Å². The normalized spacial score (nSPS) is 19.5. The average molecular weight is 355 g/mol. The SMILES string of the molecule is NC(=O)c1ccccc1NCC(=O)N1CCS(=O)(=O)C(C(=O)O)C1. The third-order valence-corrected chi connectivity index (χ3v) is 5.69. The van der Waals surface area contributed by atoms with Crippen LogP contribution in [0, 0.1) is 0 Å². The quantitative estimate of drug-likeness (QED) is 0.608. The molecule has 2 rings (SSSR count). The number of amides is 2. The fourth-order valence-electron chi connectivity index (χ4n) is 2.38. The van der Waals surface area contributed by atoms with Crippen LogP contribution in [0.4, 0.5) is 5.69 Å². The second-order valence-corrected chi connectivity index (χ2v) is 7.60. The summed E-state index contributed by atoms with van der Waals surface area (Å²) in [4.78, 5) is 35.7. The van der Waals surface area contributed by atoms with Gasteiger partial charge in [-0.05, 0) is 12.1 Å². The Labute approximate surface area is 138 Å². The molecule has 0 bridgehead atoms. The highest BCUT2D eigenvalue weighted by atomic mass is 32.2. The minimum atomic E-state index is -3.75. The van der Waals surface area contributed by atoms with Gasteiger partial charge in [-0.25, -0.2) is 8.42 Å². The number of hydrogen-bond acceptors (Lipinski definition) is 6. The Kier molecular flexibility index (Phi) is 5.07. The lowest BCUT2D eigenvalue weighted by atomic mass is 10.1. The van der Waals surface area contributed by atoms with Crippen LogP contribution in [0.25, 0.3) is 0 Å². The number of sulfone groups is 1. The molecule has 1 unspecified atom stereocenters. The lowest BCUT2D eigenvalue weighted by Gasteiger charge is -2.30. The third-order valence-electron chi connectivity index (χ3n) is 3.72. The van der Waals surface area contributed by atoms with Crippen LogP contribution in [-0.4, -0.2) is 66.8 Å². The summed E-state index contributed by atoms with van der Waals surface area (Å²) < 4.78 is 23.4. The van der Waals surface area contributed by atoms with Gasteiger partial charge in [-0.1, -0.05) is 12.1 Å². The Morgan fingerprint density at radius 1 is 1.29 bits per heavy atom. The van der Waals surface area contributed by atoms with E-state index in [0.29, 0.717) is 5.69 Å². The molecule has 1 heterocycles. The number of carbonyl (C=O) groups excluding carboxylic acids is 2. The Morgan fingerprint density at radius 2 is 1.96 bits per heavy atom. The van der Waals surface area contributed by atoms with Gasteiger partial charge < -0.3 is 21.1 Å². The molecule has 1 aromatic carbocycles. The number of benzene rings is 1. The zero-order valence-electron chi connectivity index (χ0n) is 12.6. The Bertz CT molecular complexity index is 776. The summed E-state index contributed by atoms with van der Waals surface area (Å²) in [7, 11) is -3.75. The van der Waals surface area contributed by atoms with Gasteiger partial charge in [0.15, 0.2) is 15.1 Å². The van der Waals surface area contributed by atoms with Crippen molar-refractivity contribution in [2.45, 2.75) is 5.25 Å². The number of nitrogens with two attached hydrogens (primary N) is 1. The first-order valence-corrected chi connectivity index (χ1v) is 8.79. The number of nitrogens with one attached hydrogen (secondary N) is 1. The Morgan fingerprint density at radius 3 is 2.58 bits per heavy atom. The topological polar surface area (TPSA) is 147 Å². The van der Waals surface area contributed by atoms with E-state index in [9.17, 15) is 22.8 Å². The second kappa shape index (κ2) is 6.87. The summed E-state index contributed by atoms with van der Waals surface area (Å²) in [6, 6.07) is 6.37. The molecule has 1 aromatic rings. The summed E-state index contributed by atoms with van der Waals surface area (Å²) in [5.41, 5.74) is 5.83. The van der Waals surface area contributed by atoms with Gasteiger partial charge in [0.1, 0.15) is 0 Å². The van der Waals surface area contributed by atoms with Gasteiger partial charge in [-0.2, -0.15) is 0 Å². The number of carboxylic acid groups (broad SMARTS) is 1. The van der Waals surface area contributed by atoms with Crippen molar-refractivity contribution in [2.24, 2.45) is 5.73 Å². The van der Waals surface area contributed by atoms with Crippen LogP contribution in [0.1, 0.15) is 10.4 Å². The van der Waals surface area contributed by atoms with E-state index in [1.807, 2.05) is 0 Å². The first-order valence-electron chi connectivity index (χ1n) is 7.07. The summed E-state index contributed by atoms with van der Waals surface area (Å²) in [5.74, 6) is -2.98. The summed E-state index contributed by atoms with van der Waals surface area (Å²) in [6.45, 7) is -0.670. The molecule has 130 valence electrons. The molecule has 1 aliphatic heterocycles. The van der Waals surface area contributed by atoms with Crippen LogP contribution < -0.4 is 11.1 Å². The van der Waals surface area contributed by atoms with Gasteiger partial charge in [0.25, 0.3) is 5.91 Å². The van der Waals surface area contributed by atoms with Gasteiger partial charge in [0, 0.05) is 18.8 Å². The molecule has 2 amide bonds. The zero-order valence-corrected chi connectivity index (χ0v) is 13.5. The van der Waals surface area contributed by atoms with Crippen molar-refractivity contribution in [3.8, 4) is 0 Å². The number of aliphatic carboxylic acids is 1. The maximum absolute atomic E-state index is 12.2. The number of anilines is 1. The minimum absolute atomic E-state index is 0.0654.